The van der Waals surface area contributed by atoms with Gasteiger partial charge in [0.1, 0.15) is 0 Å². The van der Waals surface area contributed by atoms with Crippen molar-refractivity contribution >= 4 is 35.7 Å². The molecule has 7 heteroatoms. The molecule has 120 valence electrons. The summed E-state index contributed by atoms with van der Waals surface area (Å²) in [6, 6.07) is 5.60. The van der Waals surface area contributed by atoms with Gasteiger partial charge in [0, 0.05) is 24.0 Å². The SMILES string of the molecule is Cl.Nc1cccc2c1CCCN2CC(=O)NC(=O)NC1CC1. The summed E-state index contributed by atoms with van der Waals surface area (Å²) < 4.78 is 0. The molecule has 1 fully saturated rings. The molecule has 0 radical (unpaired) electrons. The molecule has 0 saturated heterocycles. The number of benzene rings is 1. The number of nitrogens with two attached hydrogens (primary N) is 1. The molecule has 0 unspecified atom stereocenters. The first kappa shape index (κ1) is 16.4. The minimum Gasteiger partial charge on any atom is -0.398 e. The van der Waals surface area contributed by atoms with Crippen LogP contribution in [0.2, 0.25) is 0 Å². The van der Waals surface area contributed by atoms with E-state index in [-0.39, 0.29) is 30.9 Å². The van der Waals surface area contributed by atoms with Crippen LogP contribution < -0.4 is 21.3 Å². The number of nitrogens with one attached hydrogen (secondary N) is 2. The Labute approximate surface area is 135 Å². The number of halogens is 1. The quantitative estimate of drug-likeness (QED) is 0.734. The van der Waals surface area contributed by atoms with Crippen molar-refractivity contribution in [2.45, 2.75) is 31.7 Å². The molecule has 1 heterocycles. The van der Waals surface area contributed by atoms with Gasteiger partial charge >= 0.3 is 6.03 Å². The van der Waals surface area contributed by atoms with Crippen LogP contribution in [0, 0.1) is 0 Å². The fourth-order valence-corrected chi connectivity index (χ4v) is 2.68. The Balaban J connectivity index is 0.00000176. The second-order valence-corrected chi connectivity index (χ2v) is 5.67. The molecule has 2 aliphatic rings. The second kappa shape index (κ2) is 6.87. The Kier molecular flexibility index (Phi) is 5.13. The highest BCUT2D eigenvalue weighted by Gasteiger charge is 2.25. The van der Waals surface area contributed by atoms with Crippen LogP contribution >= 0.6 is 12.4 Å². The van der Waals surface area contributed by atoms with Crippen LogP contribution in [0.15, 0.2) is 18.2 Å². The second-order valence-electron chi connectivity index (χ2n) is 5.67. The molecular weight excluding hydrogens is 304 g/mol. The van der Waals surface area contributed by atoms with Gasteiger partial charge in [-0.1, -0.05) is 6.07 Å². The molecule has 0 atom stereocenters. The molecule has 4 N–H and O–H groups in total. The van der Waals surface area contributed by atoms with Crippen LogP contribution in [0.1, 0.15) is 24.8 Å². The zero-order valence-electron chi connectivity index (χ0n) is 12.3. The third-order valence-electron chi connectivity index (χ3n) is 3.88. The van der Waals surface area contributed by atoms with Gasteiger partial charge in [0.15, 0.2) is 0 Å². The van der Waals surface area contributed by atoms with Crippen molar-refractivity contribution in [1.29, 1.82) is 0 Å². The number of hydrogen-bond acceptors (Lipinski definition) is 4. The predicted octanol–water partition coefficient (Wildman–Crippen LogP) is 1.43. The smallest absolute Gasteiger partial charge is 0.321 e. The monoisotopic (exact) mass is 324 g/mol. The maximum atomic E-state index is 12.0. The van der Waals surface area contributed by atoms with Crippen LogP contribution in [-0.2, 0) is 11.2 Å². The number of rotatable bonds is 3. The summed E-state index contributed by atoms with van der Waals surface area (Å²) in [5, 5.41) is 5.12. The molecule has 22 heavy (non-hydrogen) atoms. The normalized spacial score (nSPS) is 16.3. The van der Waals surface area contributed by atoms with E-state index in [4.69, 9.17) is 5.73 Å². The van der Waals surface area contributed by atoms with E-state index in [0.29, 0.717) is 0 Å². The lowest BCUT2D eigenvalue weighted by molar-refractivity contribution is -0.118. The fraction of sp³-hybridized carbons (Fsp3) is 0.467. The maximum absolute atomic E-state index is 12.0. The Morgan fingerprint density at radius 1 is 1.32 bits per heavy atom. The predicted molar refractivity (Wildman–Crippen MR) is 88.3 cm³/mol. The summed E-state index contributed by atoms with van der Waals surface area (Å²) in [4.78, 5) is 25.5. The minimum absolute atomic E-state index is 0. The molecule has 1 aliphatic carbocycles. The third kappa shape index (κ3) is 3.82. The zero-order valence-corrected chi connectivity index (χ0v) is 13.1. The molecule has 0 bridgehead atoms. The van der Waals surface area contributed by atoms with Gasteiger partial charge < -0.3 is 16.0 Å². The van der Waals surface area contributed by atoms with Crippen LogP contribution in [0.5, 0.6) is 0 Å². The Hall–Kier alpha value is -1.95. The molecule has 0 aromatic heterocycles. The number of hydrogen-bond donors (Lipinski definition) is 3. The number of anilines is 2. The number of imide groups is 1. The lowest BCUT2D eigenvalue weighted by atomic mass is 10.00. The zero-order chi connectivity index (χ0) is 14.8. The number of carbonyl (C=O) groups is 2. The number of amides is 3. The van der Waals surface area contributed by atoms with Gasteiger partial charge in [-0.05, 0) is 43.4 Å². The van der Waals surface area contributed by atoms with Gasteiger partial charge in [-0.2, -0.15) is 0 Å². The first-order chi connectivity index (χ1) is 10.1. The van der Waals surface area contributed by atoms with Crippen molar-refractivity contribution in [1.82, 2.24) is 10.6 Å². The number of nitrogen functional groups attached to an aromatic ring is 1. The van der Waals surface area contributed by atoms with E-state index in [1.54, 1.807) is 0 Å². The van der Waals surface area contributed by atoms with Crippen LogP contribution in [0.3, 0.4) is 0 Å². The van der Waals surface area contributed by atoms with Crippen molar-refractivity contribution in [3.05, 3.63) is 23.8 Å². The fourth-order valence-electron chi connectivity index (χ4n) is 2.68. The lowest BCUT2D eigenvalue weighted by Crippen LogP contribution is -2.46. The van der Waals surface area contributed by atoms with E-state index >= 15 is 0 Å². The van der Waals surface area contributed by atoms with Crippen molar-refractivity contribution in [3.8, 4) is 0 Å². The first-order valence-corrected chi connectivity index (χ1v) is 7.36. The van der Waals surface area contributed by atoms with Gasteiger partial charge in [-0.3, -0.25) is 10.1 Å². The molecular formula is C15H21ClN4O2. The molecule has 1 aliphatic heterocycles. The number of fused-ring (bicyclic) bond motifs is 1. The van der Waals surface area contributed by atoms with Crippen molar-refractivity contribution in [2.24, 2.45) is 0 Å². The van der Waals surface area contributed by atoms with E-state index in [2.05, 4.69) is 10.6 Å². The Bertz CT molecular complexity index is 575. The molecule has 1 aromatic carbocycles. The highest BCUT2D eigenvalue weighted by atomic mass is 35.5. The number of urea groups is 1. The van der Waals surface area contributed by atoms with E-state index in [1.807, 2.05) is 23.1 Å². The van der Waals surface area contributed by atoms with E-state index in [9.17, 15) is 9.59 Å². The molecule has 1 aromatic rings. The van der Waals surface area contributed by atoms with Crippen molar-refractivity contribution in [3.63, 3.8) is 0 Å². The topological polar surface area (TPSA) is 87.5 Å². The van der Waals surface area contributed by atoms with Gasteiger partial charge in [0.2, 0.25) is 5.91 Å². The van der Waals surface area contributed by atoms with E-state index < -0.39 is 6.03 Å². The van der Waals surface area contributed by atoms with Gasteiger partial charge in [-0.15, -0.1) is 12.4 Å². The summed E-state index contributed by atoms with van der Waals surface area (Å²) in [7, 11) is 0. The van der Waals surface area contributed by atoms with Crippen LogP contribution in [-0.4, -0.2) is 31.1 Å². The largest absolute Gasteiger partial charge is 0.398 e. The van der Waals surface area contributed by atoms with E-state index in [1.165, 1.54) is 0 Å². The summed E-state index contributed by atoms with van der Waals surface area (Å²) in [5.74, 6) is -0.288. The highest BCUT2D eigenvalue weighted by Crippen LogP contribution is 2.30. The van der Waals surface area contributed by atoms with Crippen LogP contribution in [0.4, 0.5) is 16.2 Å². The summed E-state index contributed by atoms with van der Waals surface area (Å²) in [5.41, 5.74) is 8.85. The summed E-state index contributed by atoms with van der Waals surface area (Å²) >= 11 is 0. The van der Waals surface area contributed by atoms with Crippen molar-refractivity contribution in [2.75, 3.05) is 23.7 Å². The Morgan fingerprint density at radius 3 is 2.82 bits per heavy atom. The van der Waals surface area contributed by atoms with Gasteiger partial charge in [-0.25, -0.2) is 4.79 Å². The first-order valence-electron chi connectivity index (χ1n) is 7.36. The minimum atomic E-state index is -0.396. The summed E-state index contributed by atoms with van der Waals surface area (Å²) in [6.07, 6.45) is 3.89. The third-order valence-corrected chi connectivity index (χ3v) is 3.88. The van der Waals surface area contributed by atoms with Gasteiger partial charge in [0.25, 0.3) is 0 Å². The summed E-state index contributed by atoms with van der Waals surface area (Å²) in [6.45, 7) is 0.975. The molecule has 1 saturated carbocycles. The van der Waals surface area contributed by atoms with E-state index in [0.717, 1.165) is 49.2 Å². The van der Waals surface area contributed by atoms with Crippen molar-refractivity contribution < 1.29 is 9.59 Å². The van der Waals surface area contributed by atoms with Crippen LogP contribution in [0.25, 0.3) is 0 Å². The average molecular weight is 325 g/mol. The number of nitrogens with zero attached hydrogens (tertiary/aromatic N) is 1. The van der Waals surface area contributed by atoms with Gasteiger partial charge in [0.05, 0.1) is 6.54 Å². The standard InChI is InChI=1S/C15H20N4O2.ClH/c16-12-4-1-5-13-11(12)3-2-8-19(13)9-14(20)18-15(21)17-10-6-7-10;/h1,4-5,10H,2-3,6-9,16H2,(H2,17,18,20,21);1H. The lowest BCUT2D eigenvalue weighted by Gasteiger charge is -2.31. The molecule has 3 rings (SSSR count). The average Bonchev–Trinajstić information content (AvgIpc) is 3.23. The molecule has 6 nitrogen and oxygen atoms in total. The molecule has 0 spiro atoms. The molecule has 3 amide bonds. The number of carbonyl (C=O) groups excluding carboxylic acids is 2. The maximum Gasteiger partial charge on any atom is 0.321 e. The Morgan fingerprint density at radius 2 is 2.09 bits per heavy atom. The highest BCUT2D eigenvalue weighted by molar-refractivity contribution is 5.96.